The van der Waals surface area contributed by atoms with Gasteiger partial charge in [-0.3, -0.25) is 0 Å². The van der Waals surface area contributed by atoms with Crippen LogP contribution < -0.4 is 0 Å². The van der Waals surface area contributed by atoms with Crippen molar-refractivity contribution < 1.29 is 19.7 Å². The smallest absolute Gasteiger partial charge is 0.450 e. The minimum Gasteiger partial charge on any atom is -0.450 e. The maximum atomic E-state index is 10.2. The molecule has 0 aromatic heterocycles. The fourth-order valence-corrected chi connectivity index (χ4v) is 9.53. The molecular weight excluding hydrogens is 484 g/mol. The second-order valence-corrected chi connectivity index (χ2v) is 14.7. The van der Waals surface area contributed by atoms with Gasteiger partial charge < -0.3 is 14.9 Å². The fraction of sp³-hybridized carbons (Fsp3) is 0.914. The van der Waals surface area contributed by atoms with Gasteiger partial charge in [0.15, 0.2) is 0 Å². The van der Waals surface area contributed by atoms with Crippen LogP contribution in [0.25, 0.3) is 0 Å². The average molecular weight is 547 g/mol. The predicted octanol–water partition coefficient (Wildman–Crippen LogP) is 10.0. The molecule has 39 heavy (non-hydrogen) atoms. The van der Waals surface area contributed by atoms with Gasteiger partial charge in [-0.25, -0.2) is 4.79 Å². The van der Waals surface area contributed by atoms with Crippen LogP contribution in [0, 0.1) is 46.3 Å². The Bertz CT molecular complexity index is 790. The normalized spacial score (nSPS) is 36.1. The van der Waals surface area contributed by atoms with Crippen molar-refractivity contribution in [2.24, 2.45) is 46.3 Å². The van der Waals surface area contributed by atoms with Crippen LogP contribution in [0.15, 0.2) is 11.6 Å². The molecule has 0 radical (unpaired) electrons. The lowest BCUT2D eigenvalue weighted by atomic mass is 9.47. The summed E-state index contributed by atoms with van der Waals surface area (Å²) in [6.07, 6.45) is 21.5. The third-order valence-corrected chi connectivity index (χ3v) is 11.8. The van der Waals surface area contributed by atoms with Gasteiger partial charge in [-0.2, -0.15) is 0 Å². The van der Waals surface area contributed by atoms with Gasteiger partial charge in [0.05, 0.1) is 12.7 Å². The Hall–Kier alpha value is -1.03. The SMILES string of the molecule is CC(C)CCCC(C)[C@H]1CC[C@H]2[C@@H]3CC=C4C[C@@H](O)CC[C@]4(C)[C@H]3CC[C@]12C.CCCCCCCOC(=O)O. The quantitative estimate of drug-likeness (QED) is 0.154. The van der Waals surface area contributed by atoms with Crippen molar-refractivity contribution in [1.82, 2.24) is 0 Å². The molecule has 4 nitrogen and oxygen atoms in total. The van der Waals surface area contributed by atoms with Gasteiger partial charge in [0.2, 0.25) is 0 Å². The topological polar surface area (TPSA) is 66.8 Å². The number of rotatable bonds is 11. The Balaban J connectivity index is 0.000000325. The number of carbonyl (C=O) groups is 1. The van der Waals surface area contributed by atoms with Gasteiger partial charge in [-0.1, -0.05) is 98.1 Å². The maximum Gasteiger partial charge on any atom is 0.505 e. The van der Waals surface area contributed by atoms with Crippen LogP contribution >= 0.6 is 0 Å². The predicted molar refractivity (Wildman–Crippen MR) is 162 cm³/mol. The number of carboxylic acid groups (broad SMARTS) is 1. The van der Waals surface area contributed by atoms with Crippen LogP contribution in [0.5, 0.6) is 0 Å². The number of fused-ring (bicyclic) bond motifs is 5. The highest BCUT2D eigenvalue weighted by molar-refractivity contribution is 5.56. The molecule has 2 N–H and O–H groups in total. The van der Waals surface area contributed by atoms with Crippen molar-refractivity contribution in [2.45, 2.75) is 150 Å². The highest BCUT2D eigenvalue weighted by atomic mass is 16.7. The lowest BCUT2D eigenvalue weighted by Crippen LogP contribution is -2.50. The molecule has 0 aliphatic heterocycles. The van der Waals surface area contributed by atoms with Crippen LogP contribution in [0.1, 0.15) is 144 Å². The van der Waals surface area contributed by atoms with E-state index in [1.807, 2.05) is 0 Å². The Labute approximate surface area is 240 Å². The Morgan fingerprint density at radius 1 is 0.974 bits per heavy atom. The fourth-order valence-electron chi connectivity index (χ4n) is 9.53. The zero-order valence-corrected chi connectivity index (χ0v) is 26.4. The molecule has 0 aromatic carbocycles. The third kappa shape index (κ3) is 8.04. The molecule has 1 unspecified atom stereocenters. The summed E-state index contributed by atoms with van der Waals surface area (Å²) in [4.78, 5) is 9.87. The van der Waals surface area contributed by atoms with Crippen molar-refractivity contribution >= 4 is 6.16 Å². The molecule has 0 saturated heterocycles. The Morgan fingerprint density at radius 3 is 2.41 bits per heavy atom. The molecule has 3 saturated carbocycles. The van der Waals surface area contributed by atoms with Gasteiger partial charge in [0.25, 0.3) is 0 Å². The van der Waals surface area contributed by atoms with Crippen molar-refractivity contribution in [3.63, 3.8) is 0 Å². The first-order valence-corrected chi connectivity index (χ1v) is 16.8. The molecule has 3 fully saturated rings. The van der Waals surface area contributed by atoms with Gasteiger partial charge >= 0.3 is 6.16 Å². The van der Waals surface area contributed by atoms with E-state index in [0.717, 1.165) is 61.2 Å². The minimum atomic E-state index is -1.17. The number of ether oxygens (including phenoxy) is 1. The van der Waals surface area contributed by atoms with E-state index in [1.165, 1.54) is 77.0 Å². The van der Waals surface area contributed by atoms with Gasteiger partial charge in [0, 0.05) is 0 Å². The highest BCUT2D eigenvalue weighted by Gasteiger charge is 2.59. The van der Waals surface area contributed by atoms with Crippen LogP contribution in [0.3, 0.4) is 0 Å². The van der Waals surface area contributed by atoms with E-state index in [9.17, 15) is 9.90 Å². The van der Waals surface area contributed by atoms with E-state index in [0.29, 0.717) is 17.4 Å². The summed E-state index contributed by atoms with van der Waals surface area (Å²) >= 11 is 0. The number of hydrogen-bond acceptors (Lipinski definition) is 3. The molecule has 4 aliphatic carbocycles. The lowest BCUT2D eigenvalue weighted by molar-refractivity contribution is -0.0573. The number of allylic oxidation sites excluding steroid dienone is 1. The summed E-state index contributed by atoms with van der Waals surface area (Å²) in [5.74, 6) is 5.46. The number of hydrogen-bond donors (Lipinski definition) is 2. The van der Waals surface area contributed by atoms with Gasteiger partial charge in [0.1, 0.15) is 0 Å². The number of aliphatic hydroxyl groups is 1. The molecule has 0 amide bonds. The first kappa shape index (κ1) is 32.5. The van der Waals surface area contributed by atoms with Gasteiger partial charge in [-0.05, 0) is 104 Å². The zero-order chi connectivity index (χ0) is 28.6. The van der Waals surface area contributed by atoms with E-state index in [-0.39, 0.29) is 6.10 Å². The molecule has 226 valence electrons. The van der Waals surface area contributed by atoms with Crippen molar-refractivity contribution in [1.29, 1.82) is 0 Å². The standard InChI is InChI=1S/C27H46O.C8H16O3/c1-18(2)7-6-8-19(3)23-11-12-24-22-10-9-20-17-21(28)13-15-26(20,4)25(22)14-16-27(23,24)5;1-2-3-4-5-6-7-11-8(9)10/h9,18-19,21-25,28H,6-8,10-17H2,1-5H3;2-7H2,1H3,(H,9,10)/t19?,21-,22-,23+,24-,25-,26-,27+;/m0./s1. The van der Waals surface area contributed by atoms with Gasteiger partial charge in [-0.15, -0.1) is 0 Å². The van der Waals surface area contributed by atoms with E-state index in [4.69, 9.17) is 5.11 Å². The molecule has 0 aromatic rings. The largest absolute Gasteiger partial charge is 0.505 e. The van der Waals surface area contributed by atoms with Crippen LogP contribution in [0.2, 0.25) is 0 Å². The van der Waals surface area contributed by atoms with Crippen LogP contribution in [0.4, 0.5) is 4.79 Å². The van der Waals surface area contributed by atoms with Crippen LogP contribution in [-0.4, -0.2) is 29.1 Å². The van der Waals surface area contributed by atoms with Crippen molar-refractivity contribution in [3.8, 4) is 0 Å². The molecule has 8 atom stereocenters. The molecule has 4 rings (SSSR count). The number of unbranched alkanes of at least 4 members (excludes halogenated alkanes) is 4. The summed E-state index contributed by atoms with van der Waals surface area (Å²) in [6, 6.07) is 0. The summed E-state index contributed by atoms with van der Waals surface area (Å²) < 4.78 is 4.34. The van der Waals surface area contributed by atoms with Crippen LogP contribution in [-0.2, 0) is 4.74 Å². The Kier molecular flexibility index (Phi) is 12.3. The molecule has 0 spiro atoms. The van der Waals surface area contributed by atoms with Crippen molar-refractivity contribution in [3.05, 3.63) is 11.6 Å². The third-order valence-electron chi connectivity index (χ3n) is 11.8. The lowest BCUT2D eigenvalue weighted by Gasteiger charge is -2.58. The maximum absolute atomic E-state index is 10.2. The van der Waals surface area contributed by atoms with E-state index >= 15 is 0 Å². The minimum absolute atomic E-state index is 0.0766. The molecule has 4 aliphatic rings. The molecular formula is C35H62O4. The molecule has 4 heteroatoms. The zero-order valence-electron chi connectivity index (χ0n) is 26.4. The first-order valence-electron chi connectivity index (χ1n) is 16.8. The number of aliphatic hydroxyl groups excluding tert-OH is 1. The summed E-state index contributed by atoms with van der Waals surface area (Å²) in [5.41, 5.74) is 2.60. The van der Waals surface area contributed by atoms with Crippen molar-refractivity contribution in [2.75, 3.05) is 6.61 Å². The molecule has 0 heterocycles. The van der Waals surface area contributed by atoms with E-state index in [2.05, 4.69) is 52.4 Å². The monoisotopic (exact) mass is 546 g/mol. The average Bonchev–Trinajstić information content (AvgIpc) is 3.24. The molecule has 0 bridgehead atoms. The summed E-state index contributed by atoms with van der Waals surface area (Å²) in [6.45, 7) is 15.1. The second-order valence-electron chi connectivity index (χ2n) is 14.7. The van der Waals surface area contributed by atoms with E-state index in [1.54, 1.807) is 5.57 Å². The second kappa shape index (κ2) is 14.7. The highest BCUT2D eigenvalue weighted by Crippen LogP contribution is 2.67. The first-order chi connectivity index (χ1) is 18.5. The summed E-state index contributed by atoms with van der Waals surface area (Å²) in [7, 11) is 0. The van der Waals surface area contributed by atoms with E-state index < -0.39 is 6.16 Å². The Morgan fingerprint density at radius 2 is 1.72 bits per heavy atom. The summed E-state index contributed by atoms with van der Waals surface area (Å²) in [5, 5.41) is 18.3.